The Morgan fingerprint density at radius 1 is 1.19 bits per heavy atom. The summed E-state index contributed by atoms with van der Waals surface area (Å²) in [4.78, 5) is 4.77. The summed E-state index contributed by atoms with van der Waals surface area (Å²) in [7, 11) is 0. The molecule has 0 aliphatic heterocycles. The molecule has 0 bridgehead atoms. The van der Waals surface area contributed by atoms with Gasteiger partial charge in [0.2, 0.25) is 11.6 Å². The van der Waals surface area contributed by atoms with E-state index in [0.717, 1.165) is 29.4 Å². The maximum absolute atomic E-state index is 8.78. The number of H-pyrrole nitrogens is 1. The van der Waals surface area contributed by atoms with Crippen molar-refractivity contribution in [1.29, 1.82) is 0 Å². The maximum Gasteiger partial charge on any atom is 0.292 e. The highest BCUT2D eigenvalue weighted by Crippen LogP contribution is 2.20. The molecule has 7 heteroatoms. The molecule has 7 nitrogen and oxygen atoms in total. The largest absolute Gasteiger partial charge is 0.394 e. The lowest BCUT2D eigenvalue weighted by atomic mass is 10.1. The monoisotopic (exact) mass is 370 g/mol. The summed E-state index contributed by atoms with van der Waals surface area (Å²) < 4.78 is 7.29. The molecule has 0 saturated heterocycles. The van der Waals surface area contributed by atoms with Gasteiger partial charge in [0.1, 0.15) is 0 Å². The second kappa shape index (κ2) is 9.34. The molecule has 27 heavy (non-hydrogen) atoms. The third-order valence-corrected chi connectivity index (χ3v) is 4.29. The zero-order valence-electron chi connectivity index (χ0n) is 15.9. The lowest BCUT2D eigenvalue weighted by Gasteiger charge is -2.07. The predicted molar refractivity (Wildman–Crippen MR) is 106 cm³/mol. The summed E-state index contributed by atoms with van der Waals surface area (Å²) in [6.07, 6.45) is 2.01. The Labute approximate surface area is 159 Å². The average molecular weight is 370 g/mol. The van der Waals surface area contributed by atoms with Crippen molar-refractivity contribution in [2.24, 2.45) is 0 Å². The van der Waals surface area contributed by atoms with Crippen LogP contribution >= 0.6 is 0 Å². The van der Waals surface area contributed by atoms with Crippen LogP contribution in [-0.4, -0.2) is 41.6 Å². The van der Waals surface area contributed by atoms with E-state index in [2.05, 4.69) is 41.7 Å². The second-order valence-corrected chi connectivity index (χ2v) is 6.67. The smallest absolute Gasteiger partial charge is 0.292 e. The molecule has 0 amide bonds. The number of benzene rings is 1. The fraction of sp³-hybridized carbons (Fsp3) is 0.400. The van der Waals surface area contributed by atoms with E-state index in [9.17, 15) is 0 Å². The zero-order valence-corrected chi connectivity index (χ0v) is 15.9. The summed E-state index contributed by atoms with van der Waals surface area (Å²) in [5, 5.41) is 18.9. The van der Waals surface area contributed by atoms with Gasteiger partial charge in [0.05, 0.1) is 38.0 Å². The van der Waals surface area contributed by atoms with E-state index < -0.39 is 0 Å². The Bertz CT molecular complexity index is 848. The number of aromatic amines is 1. The molecule has 0 radical (unpaired) electrons. The van der Waals surface area contributed by atoms with Gasteiger partial charge in [-0.25, -0.2) is 0 Å². The molecule has 3 rings (SSSR count). The molecule has 0 saturated carbocycles. The first-order valence-electron chi connectivity index (χ1n) is 9.33. The molecule has 144 valence electrons. The van der Waals surface area contributed by atoms with Crippen LogP contribution in [0.4, 0.5) is 11.6 Å². The van der Waals surface area contributed by atoms with Crippen LogP contribution in [0.3, 0.4) is 0 Å². The lowest BCUT2D eigenvalue weighted by Crippen LogP contribution is -2.30. The topological polar surface area (TPSA) is 86.3 Å². The van der Waals surface area contributed by atoms with E-state index in [4.69, 9.17) is 14.8 Å². The van der Waals surface area contributed by atoms with Gasteiger partial charge in [-0.05, 0) is 11.5 Å². The number of nitrogens with one attached hydrogen (secondary N) is 3. The van der Waals surface area contributed by atoms with E-state index >= 15 is 0 Å². The highest BCUT2D eigenvalue weighted by atomic mass is 16.5. The van der Waals surface area contributed by atoms with Crippen molar-refractivity contribution in [1.82, 2.24) is 10.1 Å². The highest BCUT2D eigenvalue weighted by Gasteiger charge is 2.19. The molecule has 2 aromatic heterocycles. The Morgan fingerprint density at radius 2 is 2.00 bits per heavy atom. The Balaban J connectivity index is 1.81. The molecule has 2 heterocycles. The van der Waals surface area contributed by atoms with Gasteiger partial charge in [-0.15, -0.1) is 4.52 Å². The highest BCUT2D eigenvalue weighted by molar-refractivity contribution is 5.53. The Hall–Kier alpha value is -2.64. The van der Waals surface area contributed by atoms with E-state index in [1.54, 1.807) is 0 Å². The number of rotatable bonds is 10. The summed E-state index contributed by atoms with van der Waals surface area (Å²) in [5.41, 5.74) is 3.28. The minimum atomic E-state index is 0.0372. The van der Waals surface area contributed by atoms with Crippen molar-refractivity contribution in [2.45, 2.75) is 26.3 Å². The normalized spacial score (nSPS) is 11.3. The second-order valence-electron chi connectivity index (χ2n) is 6.67. The molecule has 0 unspecified atom stereocenters. The quantitative estimate of drug-likeness (QED) is 0.325. The van der Waals surface area contributed by atoms with Crippen molar-refractivity contribution in [2.75, 3.05) is 37.0 Å². The Morgan fingerprint density at radius 3 is 2.74 bits per heavy atom. The summed E-state index contributed by atoms with van der Waals surface area (Å²) >= 11 is 0. The van der Waals surface area contributed by atoms with Gasteiger partial charge in [-0.1, -0.05) is 49.2 Å². The van der Waals surface area contributed by atoms with E-state index in [0.29, 0.717) is 25.7 Å². The first-order chi connectivity index (χ1) is 13.2. The fourth-order valence-corrected chi connectivity index (χ4v) is 2.88. The summed E-state index contributed by atoms with van der Waals surface area (Å²) in [5.74, 6) is 2.10. The van der Waals surface area contributed by atoms with Gasteiger partial charge in [-0.3, -0.25) is 10.4 Å². The summed E-state index contributed by atoms with van der Waals surface area (Å²) in [6, 6.07) is 12.3. The van der Waals surface area contributed by atoms with Crippen LogP contribution in [0.1, 0.15) is 30.9 Å². The van der Waals surface area contributed by atoms with Gasteiger partial charge in [0, 0.05) is 12.7 Å². The van der Waals surface area contributed by atoms with Crippen molar-refractivity contribution in [3.8, 4) is 0 Å². The van der Waals surface area contributed by atoms with Crippen LogP contribution in [0.15, 0.2) is 42.6 Å². The molecular weight excluding hydrogens is 342 g/mol. The van der Waals surface area contributed by atoms with Crippen LogP contribution in [0.25, 0.3) is 5.65 Å². The molecule has 0 atom stereocenters. The van der Waals surface area contributed by atoms with Gasteiger partial charge in [0.25, 0.3) is 5.65 Å². The number of aliphatic hydroxyl groups excluding tert-OH is 1. The van der Waals surface area contributed by atoms with Crippen molar-refractivity contribution in [3.05, 3.63) is 53.7 Å². The van der Waals surface area contributed by atoms with Crippen LogP contribution in [0, 0.1) is 0 Å². The van der Waals surface area contributed by atoms with Crippen LogP contribution in [0.5, 0.6) is 0 Å². The number of fused-ring (bicyclic) bond motifs is 1. The first-order valence-corrected chi connectivity index (χ1v) is 9.33. The average Bonchev–Trinajstić information content (AvgIpc) is 3.11. The van der Waals surface area contributed by atoms with Crippen LogP contribution in [-0.2, 0) is 11.3 Å². The number of aromatic nitrogens is 3. The van der Waals surface area contributed by atoms with Crippen molar-refractivity contribution in [3.63, 3.8) is 0 Å². The van der Waals surface area contributed by atoms with Gasteiger partial charge >= 0.3 is 0 Å². The third kappa shape index (κ3) is 4.96. The van der Waals surface area contributed by atoms with Gasteiger partial charge in [0.15, 0.2) is 0 Å². The third-order valence-electron chi connectivity index (χ3n) is 4.29. The first kappa shape index (κ1) is 19.1. The van der Waals surface area contributed by atoms with Crippen molar-refractivity contribution < 1.29 is 14.4 Å². The maximum atomic E-state index is 8.78. The molecule has 0 aliphatic rings. The molecule has 4 N–H and O–H groups in total. The van der Waals surface area contributed by atoms with E-state index in [1.165, 1.54) is 5.56 Å². The van der Waals surface area contributed by atoms with Gasteiger partial charge in [-0.2, -0.15) is 0 Å². The fourth-order valence-electron chi connectivity index (χ4n) is 2.88. The van der Waals surface area contributed by atoms with Crippen LogP contribution in [0.2, 0.25) is 0 Å². The zero-order chi connectivity index (χ0) is 19.1. The van der Waals surface area contributed by atoms with Crippen LogP contribution < -0.4 is 15.1 Å². The molecule has 0 aliphatic carbocycles. The molecular formula is C20H28N5O2+. The summed E-state index contributed by atoms with van der Waals surface area (Å²) in [6.45, 7) is 6.57. The molecule has 3 aromatic rings. The van der Waals surface area contributed by atoms with E-state index in [1.807, 2.05) is 35.0 Å². The number of nitrogens with zero attached hydrogens (tertiary/aromatic N) is 2. The molecule has 0 spiro atoms. The Kier molecular flexibility index (Phi) is 6.62. The minimum Gasteiger partial charge on any atom is -0.394 e. The number of hydrogen-bond donors (Lipinski definition) is 4. The number of aliphatic hydroxyl groups is 1. The SMILES string of the molecule is CC(C)c1c[nH][n+]2c(NCc3ccccc3)cc(NCCOCCO)nc12. The number of hydrogen-bond acceptors (Lipinski definition) is 5. The van der Waals surface area contributed by atoms with Gasteiger partial charge < -0.3 is 15.2 Å². The number of ether oxygens (including phenoxy) is 1. The molecule has 0 fully saturated rings. The number of anilines is 2. The van der Waals surface area contributed by atoms with Crippen molar-refractivity contribution >= 4 is 17.3 Å². The van der Waals surface area contributed by atoms with E-state index in [-0.39, 0.29) is 6.61 Å². The standard InChI is InChI=1S/C20H27N5O2/c1-15(2)17-14-23-25-19(22-13-16-6-4-3-5-7-16)12-18(24-20(17)25)21-8-10-27-11-9-26/h3-7,12,14-15,26H,8-11,13H2,1-2H3,(H2,21,22,23,24)/p+1. The lowest BCUT2D eigenvalue weighted by molar-refractivity contribution is -0.564. The molecule has 1 aromatic carbocycles. The minimum absolute atomic E-state index is 0.0372. The predicted octanol–water partition coefficient (Wildman–Crippen LogP) is 2.30.